The minimum Gasteiger partial charge on any atom is -0.313 e. The smallest absolute Gasteiger partial charge is 0.129 e. The van der Waals surface area contributed by atoms with Gasteiger partial charge >= 0.3 is 0 Å². The summed E-state index contributed by atoms with van der Waals surface area (Å²) in [4.78, 5) is 2.31. The Morgan fingerprint density at radius 1 is 1.43 bits per heavy atom. The number of hydrogen-bond donors (Lipinski definition) is 1. The van der Waals surface area contributed by atoms with Crippen LogP contribution in [0.15, 0.2) is 18.2 Å². The number of nitriles is 1. The van der Waals surface area contributed by atoms with Gasteiger partial charge in [-0.05, 0) is 44.5 Å². The Kier molecular flexibility index (Phi) is 6.16. The summed E-state index contributed by atoms with van der Waals surface area (Å²) in [5.41, 5.74) is 1.06. The quantitative estimate of drug-likeness (QED) is 0.875. The Hall–Kier alpha value is -1.44. The van der Waals surface area contributed by atoms with Crippen molar-refractivity contribution in [2.75, 3.05) is 19.6 Å². The Morgan fingerprint density at radius 2 is 2.29 bits per heavy atom. The van der Waals surface area contributed by atoms with Gasteiger partial charge in [0.1, 0.15) is 5.82 Å². The van der Waals surface area contributed by atoms with Crippen molar-refractivity contribution in [2.24, 2.45) is 0 Å². The number of benzene rings is 1. The zero-order valence-electron chi connectivity index (χ0n) is 12.7. The third-order valence-electron chi connectivity index (χ3n) is 4.01. The van der Waals surface area contributed by atoms with Crippen LogP contribution in [0.4, 0.5) is 4.39 Å². The van der Waals surface area contributed by atoms with Gasteiger partial charge in [-0.25, -0.2) is 4.39 Å². The molecule has 1 heterocycles. The van der Waals surface area contributed by atoms with Gasteiger partial charge in [0.05, 0.1) is 11.6 Å². The van der Waals surface area contributed by atoms with Gasteiger partial charge in [-0.2, -0.15) is 5.26 Å². The second kappa shape index (κ2) is 8.11. The predicted molar refractivity (Wildman–Crippen MR) is 82.3 cm³/mol. The SMILES string of the molecule is CCCN(Cc1ccc(C#N)cc1F)CC1CCCCN1. The summed E-state index contributed by atoms with van der Waals surface area (Å²) in [5, 5.41) is 12.3. The van der Waals surface area contributed by atoms with Crippen molar-refractivity contribution >= 4 is 0 Å². The van der Waals surface area contributed by atoms with Gasteiger partial charge in [0.15, 0.2) is 0 Å². The highest BCUT2D eigenvalue weighted by Gasteiger charge is 2.17. The minimum absolute atomic E-state index is 0.272. The number of piperidine rings is 1. The Balaban J connectivity index is 1.99. The highest BCUT2D eigenvalue weighted by Crippen LogP contribution is 2.15. The molecule has 0 aliphatic carbocycles. The minimum atomic E-state index is -0.272. The molecule has 1 aliphatic rings. The molecule has 1 fully saturated rings. The maximum Gasteiger partial charge on any atom is 0.129 e. The van der Waals surface area contributed by atoms with E-state index < -0.39 is 0 Å². The fourth-order valence-electron chi connectivity index (χ4n) is 2.93. The standard InChI is InChI=1S/C17H24FN3/c1-2-9-21(13-16-5-3-4-8-20-16)12-15-7-6-14(11-19)10-17(15)18/h6-7,10,16,20H,2-5,8-9,12-13H2,1H3. The molecule has 1 N–H and O–H groups in total. The first kappa shape index (κ1) is 15.9. The van der Waals surface area contributed by atoms with Gasteiger partial charge in [0, 0.05) is 24.7 Å². The summed E-state index contributed by atoms with van der Waals surface area (Å²) >= 11 is 0. The van der Waals surface area contributed by atoms with Crippen LogP contribution in [-0.4, -0.2) is 30.6 Å². The highest BCUT2D eigenvalue weighted by atomic mass is 19.1. The molecule has 1 aromatic carbocycles. The average molecular weight is 289 g/mol. The first-order valence-corrected chi connectivity index (χ1v) is 7.87. The van der Waals surface area contributed by atoms with E-state index >= 15 is 0 Å². The number of nitrogens with one attached hydrogen (secondary N) is 1. The first-order valence-electron chi connectivity index (χ1n) is 7.87. The van der Waals surface area contributed by atoms with Crippen LogP contribution >= 0.6 is 0 Å². The maximum absolute atomic E-state index is 14.0. The molecule has 0 amide bonds. The first-order chi connectivity index (χ1) is 10.2. The van der Waals surface area contributed by atoms with Crippen molar-refractivity contribution in [1.29, 1.82) is 5.26 Å². The van der Waals surface area contributed by atoms with Crippen molar-refractivity contribution in [3.63, 3.8) is 0 Å². The lowest BCUT2D eigenvalue weighted by atomic mass is 10.0. The molecular weight excluding hydrogens is 265 g/mol. The molecule has 0 saturated carbocycles. The van der Waals surface area contributed by atoms with Gasteiger partial charge in [0.2, 0.25) is 0 Å². The van der Waals surface area contributed by atoms with Crippen LogP contribution in [0.25, 0.3) is 0 Å². The lowest BCUT2D eigenvalue weighted by molar-refractivity contribution is 0.215. The summed E-state index contributed by atoms with van der Waals surface area (Å²) in [5.74, 6) is -0.272. The molecule has 1 aromatic rings. The average Bonchev–Trinajstić information content (AvgIpc) is 2.50. The third-order valence-corrected chi connectivity index (χ3v) is 4.01. The van der Waals surface area contributed by atoms with Gasteiger partial charge in [0.25, 0.3) is 0 Å². The number of hydrogen-bond acceptors (Lipinski definition) is 3. The van der Waals surface area contributed by atoms with Crippen LogP contribution in [-0.2, 0) is 6.54 Å². The second-order valence-corrected chi connectivity index (χ2v) is 5.80. The predicted octanol–water partition coefficient (Wildman–Crippen LogP) is 3.05. The van der Waals surface area contributed by atoms with Crippen molar-refractivity contribution in [1.82, 2.24) is 10.2 Å². The topological polar surface area (TPSA) is 39.1 Å². The van der Waals surface area contributed by atoms with Crippen molar-refractivity contribution < 1.29 is 4.39 Å². The zero-order valence-corrected chi connectivity index (χ0v) is 12.7. The Morgan fingerprint density at radius 3 is 2.90 bits per heavy atom. The molecule has 21 heavy (non-hydrogen) atoms. The van der Waals surface area contributed by atoms with Crippen molar-refractivity contribution in [2.45, 2.75) is 45.2 Å². The van der Waals surface area contributed by atoms with E-state index in [0.717, 1.165) is 26.1 Å². The number of halogens is 1. The molecular formula is C17H24FN3. The van der Waals surface area contributed by atoms with Crippen LogP contribution in [0.1, 0.15) is 43.7 Å². The monoisotopic (exact) mass is 289 g/mol. The van der Waals surface area contributed by atoms with E-state index in [1.54, 1.807) is 12.1 Å². The highest BCUT2D eigenvalue weighted by molar-refractivity contribution is 5.32. The summed E-state index contributed by atoms with van der Waals surface area (Å²) in [6.07, 6.45) is 4.80. The van der Waals surface area contributed by atoms with E-state index in [4.69, 9.17) is 5.26 Å². The van der Waals surface area contributed by atoms with Crippen LogP contribution < -0.4 is 5.32 Å². The van der Waals surface area contributed by atoms with Crippen LogP contribution in [0.5, 0.6) is 0 Å². The van der Waals surface area contributed by atoms with Gasteiger partial charge in [-0.3, -0.25) is 4.90 Å². The summed E-state index contributed by atoms with van der Waals surface area (Å²) < 4.78 is 14.0. The van der Waals surface area contributed by atoms with Gasteiger partial charge in [-0.1, -0.05) is 19.4 Å². The molecule has 0 bridgehead atoms. The lowest BCUT2D eigenvalue weighted by Crippen LogP contribution is -2.43. The van der Waals surface area contributed by atoms with E-state index in [9.17, 15) is 4.39 Å². The molecule has 0 radical (unpaired) electrons. The lowest BCUT2D eigenvalue weighted by Gasteiger charge is -2.30. The third kappa shape index (κ3) is 4.80. The molecule has 1 atom stereocenters. The molecule has 114 valence electrons. The molecule has 1 unspecified atom stereocenters. The van der Waals surface area contributed by atoms with E-state index in [-0.39, 0.29) is 5.82 Å². The second-order valence-electron chi connectivity index (χ2n) is 5.80. The Labute approximate surface area is 126 Å². The molecule has 4 heteroatoms. The van der Waals surface area contributed by atoms with Gasteiger partial charge < -0.3 is 5.32 Å². The molecule has 0 spiro atoms. The number of rotatable bonds is 6. The van der Waals surface area contributed by atoms with E-state index in [0.29, 0.717) is 23.7 Å². The molecule has 0 aromatic heterocycles. The van der Waals surface area contributed by atoms with Crippen LogP contribution in [0.2, 0.25) is 0 Å². The molecule has 2 rings (SSSR count). The fourth-order valence-corrected chi connectivity index (χ4v) is 2.93. The fraction of sp³-hybridized carbons (Fsp3) is 0.588. The van der Waals surface area contributed by atoms with Crippen LogP contribution in [0.3, 0.4) is 0 Å². The number of nitrogens with zero attached hydrogens (tertiary/aromatic N) is 2. The molecule has 3 nitrogen and oxygen atoms in total. The van der Waals surface area contributed by atoms with Gasteiger partial charge in [-0.15, -0.1) is 0 Å². The summed E-state index contributed by atoms with van der Waals surface area (Å²) in [7, 11) is 0. The van der Waals surface area contributed by atoms with Crippen molar-refractivity contribution in [3.05, 3.63) is 35.1 Å². The summed E-state index contributed by atoms with van der Waals surface area (Å²) in [6, 6.07) is 7.26. The normalized spacial score (nSPS) is 18.7. The molecule has 1 saturated heterocycles. The Bertz CT molecular complexity index is 489. The van der Waals surface area contributed by atoms with E-state index in [1.807, 2.05) is 6.07 Å². The van der Waals surface area contributed by atoms with Crippen LogP contribution in [0, 0.1) is 17.1 Å². The maximum atomic E-state index is 14.0. The molecule has 1 aliphatic heterocycles. The van der Waals surface area contributed by atoms with E-state index in [1.165, 1.54) is 25.3 Å². The van der Waals surface area contributed by atoms with E-state index in [2.05, 4.69) is 17.1 Å². The summed E-state index contributed by atoms with van der Waals surface area (Å²) in [6.45, 7) is 5.79. The largest absolute Gasteiger partial charge is 0.313 e. The van der Waals surface area contributed by atoms with Crippen molar-refractivity contribution in [3.8, 4) is 6.07 Å². The zero-order chi connectivity index (χ0) is 15.1.